The Morgan fingerprint density at radius 2 is 1.85 bits per heavy atom. The van der Waals surface area contributed by atoms with Gasteiger partial charge in [0.05, 0.1) is 11.3 Å². The van der Waals surface area contributed by atoms with Gasteiger partial charge in [-0.2, -0.15) is 0 Å². The van der Waals surface area contributed by atoms with E-state index in [1.807, 2.05) is 31.2 Å². The molecular weight excluding hydrogens is 250 g/mol. The molecule has 0 aliphatic heterocycles. The third kappa shape index (κ3) is 3.60. The van der Waals surface area contributed by atoms with Crippen LogP contribution in [0, 0.1) is 6.92 Å². The summed E-state index contributed by atoms with van der Waals surface area (Å²) in [6.07, 6.45) is 1.96. The van der Waals surface area contributed by atoms with E-state index in [2.05, 4.69) is 17.4 Å². The van der Waals surface area contributed by atoms with Gasteiger partial charge in [0.1, 0.15) is 0 Å². The van der Waals surface area contributed by atoms with Gasteiger partial charge in [-0.15, -0.1) is 0 Å². The second kappa shape index (κ2) is 6.75. The minimum atomic E-state index is -0.890. The Kier molecular flexibility index (Phi) is 4.77. The molecule has 104 valence electrons. The lowest BCUT2D eigenvalue weighted by Crippen LogP contribution is -2.09. The smallest absolute Gasteiger partial charge is 0.337 e. The summed E-state index contributed by atoms with van der Waals surface area (Å²) in [4.78, 5) is 11.2. The topological polar surface area (TPSA) is 49.3 Å². The molecule has 0 radical (unpaired) electrons. The summed E-state index contributed by atoms with van der Waals surface area (Å²) in [6, 6.07) is 15.6. The Labute approximate surface area is 119 Å². The van der Waals surface area contributed by atoms with Gasteiger partial charge in [0.2, 0.25) is 0 Å². The highest BCUT2D eigenvalue weighted by molar-refractivity contribution is 5.95. The van der Waals surface area contributed by atoms with Crippen LogP contribution in [0.25, 0.3) is 0 Å². The average molecular weight is 269 g/mol. The van der Waals surface area contributed by atoms with Crippen LogP contribution in [0.15, 0.2) is 48.5 Å². The predicted octanol–water partition coefficient (Wildman–Crippen LogP) is 3.74. The van der Waals surface area contributed by atoms with Crippen LogP contribution < -0.4 is 5.32 Å². The normalized spacial score (nSPS) is 10.2. The standard InChI is InChI=1S/C17H19NO2/c1-13-7-5-11-15(17(19)20)16(13)18-12-6-10-14-8-3-2-4-9-14/h2-5,7-9,11,18H,6,10,12H2,1H3,(H,19,20). The van der Waals surface area contributed by atoms with Crippen molar-refractivity contribution < 1.29 is 9.90 Å². The van der Waals surface area contributed by atoms with Gasteiger partial charge in [-0.1, -0.05) is 42.5 Å². The van der Waals surface area contributed by atoms with Gasteiger partial charge < -0.3 is 10.4 Å². The number of nitrogens with one attached hydrogen (secondary N) is 1. The molecule has 0 aromatic heterocycles. The number of carboxylic acids is 1. The zero-order chi connectivity index (χ0) is 14.4. The highest BCUT2D eigenvalue weighted by Gasteiger charge is 2.10. The van der Waals surface area contributed by atoms with Crippen molar-refractivity contribution in [2.75, 3.05) is 11.9 Å². The van der Waals surface area contributed by atoms with E-state index in [-0.39, 0.29) is 0 Å². The molecule has 0 fully saturated rings. The van der Waals surface area contributed by atoms with Crippen LogP contribution >= 0.6 is 0 Å². The van der Waals surface area contributed by atoms with Crippen LogP contribution in [0.1, 0.15) is 27.9 Å². The van der Waals surface area contributed by atoms with E-state index < -0.39 is 5.97 Å². The molecule has 0 heterocycles. The maximum atomic E-state index is 11.2. The summed E-state index contributed by atoms with van der Waals surface area (Å²) in [6.45, 7) is 2.69. The second-order valence-corrected chi connectivity index (χ2v) is 4.82. The number of hydrogen-bond acceptors (Lipinski definition) is 2. The maximum Gasteiger partial charge on any atom is 0.337 e. The van der Waals surface area contributed by atoms with Crippen molar-refractivity contribution in [1.29, 1.82) is 0 Å². The lowest BCUT2D eigenvalue weighted by atomic mass is 10.1. The second-order valence-electron chi connectivity index (χ2n) is 4.82. The van der Waals surface area contributed by atoms with E-state index in [9.17, 15) is 9.90 Å². The van der Waals surface area contributed by atoms with E-state index >= 15 is 0 Å². The SMILES string of the molecule is Cc1cccc(C(=O)O)c1NCCCc1ccccc1. The van der Waals surface area contributed by atoms with Crippen molar-refractivity contribution in [1.82, 2.24) is 0 Å². The van der Waals surface area contributed by atoms with E-state index in [0.717, 1.165) is 30.6 Å². The highest BCUT2D eigenvalue weighted by Crippen LogP contribution is 2.20. The van der Waals surface area contributed by atoms with Crippen molar-refractivity contribution in [3.8, 4) is 0 Å². The lowest BCUT2D eigenvalue weighted by Gasteiger charge is -2.12. The number of carbonyl (C=O) groups is 1. The summed E-state index contributed by atoms with van der Waals surface area (Å²) < 4.78 is 0. The Bertz CT molecular complexity index is 579. The molecule has 0 amide bonds. The molecule has 0 aliphatic rings. The molecule has 2 rings (SSSR count). The van der Waals surface area contributed by atoms with Gasteiger partial charge in [-0.3, -0.25) is 0 Å². The first-order valence-corrected chi connectivity index (χ1v) is 6.79. The van der Waals surface area contributed by atoms with Crippen molar-refractivity contribution in [3.05, 3.63) is 65.2 Å². The van der Waals surface area contributed by atoms with Gasteiger partial charge in [-0.25, -0.2) is 4.79 Å². The number of aromatic carboxylic acids is 1. The fourth-order valence-electron chi connectivity index (χ4n) is 2.23. The molecule has 0 unspecified atom stereocenters. The van der Waals surface area contributed by atoms with E-state index in [1.54, 1.807) is 12.1 Å². The van der Waals surface area contributed by atoms with E-state index in [1.165, 1.54) is 5.56 Å². The predicted molar refractivity (Wildman–Crippen MR) is 81.4 cm³/mol. The summed E-state index contributed by atoms with van der Waals surface area (Å²) in [7, 11) is 0. The first kappa shape index (κ1) is 14.1. The quantitative estimate of drug-likeness (QED) is 0.785. The van der Waals surface area contributed by atoms with Crippen molar-refractivity contribution >= 4 is 11.7 Å². The van der Waals surface area contributed by atoms with Gasteiger partial charge in [0.15, 0.2) is 0 Å². The number of benzene rings is 2. The van der Waals surface area contributed by atoms with Crippen molar-refractivity contribution in [2.24, 2.45) is 0 Å². The molecule has 0 saturated heterocycles. The van der Waals surface area contributed by atoms with Crippen molar-refractivity contribution in [3.63, 3.8) is 0 Å². The number of hydrogen-bond donors (Lipinski definition) is 2. The van der Waals surface area contributed by atoms with Crippen LogP contribution in [-0.2, 0) is 6.42 Å². The molecule has 2 aromatic rings. The number of carboxylic acid groups (broad SMARTS) is 1. The zero-order valence-corrected chi connectivity index (χ0v) is 11.6. The third-order valence-corrected chi connectivity index (χ3v) is 3.29. The Morgan fingerprint density at radius 3 is 2.55 bits per heavy atom. The molecule has 3 nitrogen and oxygen atoms in total. The molecule has 0 saturated carbocycles. The average Bonchev–Trinajstić information content (AvgIpc) is 2.45. The number of aryl methyl sites for hydroxylation is 2. The molecule has 2 aromatic carbocycles. The minimum Gasteiger partial charge on any atom is -0.478 e. The maximum absolute atomic E-state index is 11.2. The molecule has 0 aliphatic carbocycles. The largest absolute Gasteiger partial charge is 0.478 e. The van der Waals surface area contributed by atoms with Crippen LogP contribution in [0.4, 0.5) is 5.69 Å². The molecule has 3 heteroatoms. The van der Waals surface area contributed by atoms with E-state index in [4.69, 9.17) is 0 Å². The Hall–Kier alpha value is -2.29. The zero-order valence-electron chi connectivity index (χ0n) is 11.6. The van der Waals surface area contributed by atoms with Crippen molar-refractivity contribution in [2.45, 2.75) is 19.8 Å². The van der Waals surface area contributed by atoms with Crippen LogP contribution in [0.3, 0.4) is 0 Å². The number of rotatable bonds is 6. The van der Waals surface area contributed by atoms with Crippen LogP contribution in [0.5, 0.6) is 0 Å². The fraction of sp³-hybridized carbons (Fsp3) is 0.235. The fourth-order valence-corrected chi connectivity index (χ4v) is 2.23. The first-order valence-electron chi connectivity index (χ1n) is 6.79. The summed E-state index contributed by atoms with van der Waals surface area (Å²) in [5.74, 6) is -0.890. The Morgan fingerprint density at radius 1 is 1.10 bits per heavy atom. The van der Waals surface area contributed by atoms with Crippen LogP contribution in [-0.4, -0.2) is 17.6 Å². The molecule has 2 N–H and O–H groups in total. The minimum absolute atomic E-state index is 0.338. The van der Waals surface area contributed by atoms with Gasteiger partial charge >= 0.3 is 5.97 Å². The molecule has 0 spiro atoms. The summed E-state index contributed by atoms with van der Waals surface area (Å²) in [5.41, 5.74) is 3.33. The molecule has 20 heavy (non-hydrogen) atoms. The van der Waals surface area contributed by atoms with Gasteiger partial charge in [-0.05, 0) is 37.0 Å². The Balaban J connectivity index is 1.93. The molecule has 0 bridgehead atoms. The molecule has 0 atom stereocenters. The molecular formula is C17H19NO2. The third-order valence-electron chi connectivity index (χ3n) is 3.29. The monoisotopic (exact) mass is 269 g/mol. The lowest BCUT2D eigenvalue weighted by molar-refractivity contribution is 0.0698. The van der Waals surface area contributed by atoms with Gasteiger partial charge in [0.25, 0.3) is 0 Å². The summed E-state index contributed by atoms with van der Waals surface area (Å²) in [5, 5.41) is 12.4. The van der Waals surface area contributed by atoms with Crippen LogP contribution in [0.2, 0.25) is 0 Å². The highest BCUT2D eigenvalue weighted by atomic mass is 16.4. The first-order chi connectivity index (χ1) is 9.68. The van der Waals surface area contributed by atoms with E-state index in [0.29, 0.717) is 5.56 Å². The van der Waals surface area contributed by atoms with Gasteiger partial charge in [0, 0.05) is 6.54 Å². The summed E-state index contributed by atoms with van der Waals surface area (Å²) >= 11 is 0. The number of para-hydroxylation sites is 1. The number of anilines is 1.